The smallest absolute Gasteiger partial charge is 0.340 e. The van der Waals surface area contributed by atoms with E-state index in [2.05, 4.69) is 12.1 Å². The van der Waals surface area contributed by atoms with Crippen molar-refractivity contribution in [1.82, 2.24) is 0 Å². The minimum Gasteiger partial charge on any atom is -0.462 e. The number of hydrogen-bond acceptors (Lipinski definition) is 3. The molecule has 0 fully saturated rings. The van der Waals surface area contributed by atoms with Crippen LogP contribution in [0.15, 0.2) is 48.5 Å². The summed E-state index contributed by atoms with van der Waals surface area (Å²) in [5.74, 6) is -0.328. The lowest BCUT2D eigenvalue weighted by Gasteiger charge is -2.11. The van der Waals surface area contributed by atoms with Crippen molar-refractivity contribution in [2.45, 2.75) is 26.2 Å². The summed E-state index contributed by atoms with van der Waals surface area (Å²) in [6, 6.07) is 15.9. The van der Waals surface area contributed by atoms with Crippen molar-refractivity contribution in [2.75, 3.05) is 12.3 Å². The molecule has 3 nitrogen and oxygen atoms in total. The van der Waals surface area contributed by atoms with E-state index in [1.54, 1.807) is 13.0 Å². The third kappa shape index (κ3) is 4.09. The highest BCUT2D eigenvalue weighted by Gasteiger charge is 2.15. The van der Waals surface area contributed by atoms with Crippen LogP contribution in [0.2, 0.25) is 0 Å². The molecular formula is C18H21NO2. The van der Waals surface area contributed by atoms with Gasteiger partial charge in [0.15, 0.2) is 0 Å². The van der Waals surface area contributed by atoms with E-state index in [0.29, 0.717) is 17.9 Å². The normalized spacial score (nSPS) is 10.3. The van der Waals surface area contributed by atoms with Crippen LogP contribution in [0.25, 0.3) is 0 Å². The molecule has 2 aromatic carbocycles. The number of ether oxygens (including phenoxy) is 1. The summed E-state index contributed by atoms with van der Waals surface area (Å²) in [5, 5.41) is 0. The van der Waals surface area contributed by atoms with Gasteiger partial charge in [-0.25, -0.2) is 4.79 Å². The molecule has 2 rings (SSSR count). The molecular weight excluding hydrogens is 262 g/mol. The van der Waals surface area contributed by atoms with Crippen molar-refractivity contribution < 1.29 is 9.53 Å². The lowest BCUT2D eigenvalue weighted by molar-refractivity contribution is 0.0526. The molecule has 0 unspecified atom stereocenters. The SMILES string of the molecule is CCOC(=O)c1c(N)cccc1CCCc1ccccc1. The Bertz CT molecular complexity index is 593. The van der Waals surface area contributed by atoms with Crippen LogP contribution >= 0.6 is 0 Å². The van der Waals surface area contributed by atoms with E-state index in [-0.39, 0.29) is 5.97 Å². The number of nitrogen functional groups attached to an aromatic ring is 1. The van der Waals surface area contributed by atoms with E-state index in [9.17, 15) is 4.79 Å². The van der Waals surface area contributed by atoms with E-state index in [0.717, 1.165) is 24.8 Å². The highest BCUT2D eigenvalue weighted by atomic mass is 16.5. The summed E-state index contributed by atoms with van der Waals surface area (Å²) in [7, 11) is 0. The maximum Gasteiger partial charge on any atom is 0.340 e. The van der Waals surface area contributed by atoms with E-state index in [1.807, 2.05) is 30.3 Å². The van der Waals surface area contributed by atoms with Crippen LogP contribution in [0.3, 0.4) is 0 Å². The molecule has 0 spiro atoms. The number of aryl methyl sites for hydroxylation is 2. The van der Waals surface area contributed by atoms with Crippen LogP contribution in [-0.2, 0) is 17.6 Å². The molecule has 0 aliphatic carbocycles. The lowest BCUT2D eigenvalue weighted by Crippen LogP contribution is -2.11. The molecule has 3 heteroatoms. The molecule has 2 aromatic rings. The molecule has 21 heavy (non-hydrogen) atoms. The van der Waals surface area contributed by atoms with Crippen LogP contribution in [0.4, 0.5) is 5.69 Å². The molecule has 0 bridgehead atoms. The molecule has 0 saturated heterocycles. The van der Waals surface area contributed by atoms with Gasteiger partial charge in [0.1, 0.15) is 0 Å². The van der Waals surface area contributed by atoms with Crippen molar-refractivity contribution in [3.8, 4) is 0 Å². The molecule has 0 amide bonds. The number of carbonyl (C=O) groups excluding carboxylic acids is 1. The summed E-state index contributed by atoms with van der Waals surface area (Å²) in [6.45, 7) is 2.16. The number of carbonyl (C=O) groups is 1. The van der Waals surface area contributed by atoms with Gasteiger partial charge in [-0.05, 0) is 43.4 Å². The molecule has 0 saturated carbocycles. The van der Waals surface area contributed by atoms with Gasteiger partial charge >= 0.3 is 5.97 Å². The van der Waals surface area contributed by atoms with Crippen LogP contribution < -0.4 is 5.73 Å². The second-order valence-electron chi connectivity index (χ2n) is 4.94. The van der Waals surface area contributed by atoms with Crippen molar-refractivity contribution in [1.29, 1.82) is 0 Å². The average Bonchev–Trinajstić information content (AvgIpc) is 2.48. The zero-order chi connectivity index (χ0) is 15.1. The molecule has 2 N–H and O–H groups in total. The second kappa shape index (κ2) is 7.48. The maximum absolute atomic E-state index is 12.0. The summed E-state index contributed by atoms with van der Waals surface area (Å²) in [5.41, 5.74) is 9.21. The van der Waals surface area contributed by atoms with Gasteiger partial charge in [-0.15, -0.1) is 0 Å². The van der Waals surface area contributed by atoms with Crippen LogP contribution in [-0.4, -0.2) is 12.6 Å². The van der Waals surface area contributed by atoms with Gasteiger partial charge in [0.25, 0.3) is 0 Å². The van der Waals surface area contributed by atoms with Gasteiger partial charge in [0.05, 0.1) is 12.2 Å². The Labute approximate surface area is 125 Å². The Balaban J connectivity index is 2.06. The van der Waals surface area contributed by atoms with Crippen molar-refractivity contribution >= 4 is 11.7 Å². The quantitative estimate of drug-likeness (QED) is 0.650. The number of rotatable bonds is 6. The van der Waals surface area contributed by atoms with Crippen LogP contribution in [0.1, 0.15) is 34.8 Å². The molecule has 0 aliphatic heterocycles. The fourth-order valence-electron chi connectivity index (χ4n) is 2.41. The zero-order valence-corrected chi connectivity index (χ0v) is 12.3. The monoisotopic (exact) mass is 283 g/mol. The Morgan fingerprint density at radius 1 is 1.05 bits per heavy atom. The number of anilines is 1. The first-order valence-corrected chi connectivity index (χ1v) is 7.30. The summed E-state index contributed by atoms with van der Waals surface area (Å²) in [6.07, 6.45) is 2.77. The highest BCUT2D eigenvalue weighted by molar-refractivity contribution is 5.96. The van der Waals surface area contributed by atoms with Gasteiger partial charge in [-0.3, -0.25) is 0 Å². The van der Waals surface area contributed by atoms with Crippen molar-refractivity contribution in [3.05, 3.63) is 65.2 Å². The maximum atomic E-state index is 12.0. The van der Waals surface area contributed by atoms with Crippen LogP contribution in [0, 0.1) is 0 Å². The number of nitrogens with two attached hydrogens (primary N) is 1. The van der Waals surface area contributed by atoms with Gasteiger partial charge in [0.2, 0.25) is 0 Å². The molecule has 0 aromatic heterocycles. The third-order valence-electron chi connectivity index (χ3n) is 3.42. The molecule has 0 radical (unpaired) electrons. The summed E-state index contributed by atoms with van der Waals surface area (Å²) >= 11 is 0. The molecule has 0 atom stereocenters. The fourth-order valence-corrected chi connectivity index (χ4v) is 2.41. The predicted molar refractivity (Wildman–Crippen MR) is 85.3 cm³/mol. The molecule has 0 aliphatic rings. The van der Waals surface area contributed by atoms with Crippen molar-refractivity contribution in [2.24, 2.45) is 0 Å². The van der Waals surface area contributed by atoms with E-state index < -0.39 is 0 Å². The first-order chi connectivity index (χ1) is 10.2. The predicted octanol–water partition coefficient (Wildman–Crippen LogP) is 3.62. The largest absolute Gasteiger partial charge is 0.462 e. The molecule has 110 valence electrons. The number of esters is 1. The first kappa shape index (κ1) is 15.1. The van der Waals surface area contributed by atoms with Crippen LogP contribution in [0.5, 0.6) is 0 Å². The Morgan fingerprint density at radius 3 is 2.52 bits per heavy atom. The zero-order valence-electron chi connectivity index (χ0n) is 12.3. The number of benzene rings is 2. The fraction of sp³-hybridized carbons (Fsp3) is 0.278. The number of hydrogen-bond donors (Lipinski definition) is 1. The Morgan fingerprint density at radius 2 is 1.81 bits per heavy atom. The van der Waals surface area contributed by atoms with Gasteiger partial charge in [0, 0.05) is 5.69 Å². The van der Waals surface area contributed by atoms with E-state index in [4.69, 9.17) is 10.5 Å². The molecule has 0 heterocycles. The average molecular weight is 283 g/mol. The third-order valence-corrected chi connectivity index (χ3v) is 3.42. The highest BCUT2D eigenvalue weighted by Crippen LogP contribution is 2.20. The summed E-state index contributed by atoms with van der Waals surface area (Å²) < 4.78 is 5.10. The van der Waals surface area contributed by atoms with Gasteiger partial charge in [-0.1, -0.05) is 42.5 Å². The minimum absolute atomic E-state index is 0.328. The first-order valence-electron chi connectivity index (χ1n) is 7.30. The Hall–Kier alpha value is -2.29. The van der Waals surface area contributed by atoms with Crippen molar-refractivity contribution in [3.63, 3.8) is 0 Å². The van der Waals surface area contributed by atoms with E-state index in [1.165, 1.54) is 5.56 Å². The summed E-state index contributed by atoms with van der Waals surface area (Å²) in [4.78, 5) is 12.0. The standard InChI is InChI=1S/C18H21NO2/c1-2-21-18(20)17-15(12-7-13-16(17)19)11-6-10-14-8-4-3-5-9-14/h3-5,7-9,12-13H,2,6,10-11,19H2,1H3. The topological polar surface area (TPSA) is 52.3 Å². The van der Waals surface area contributed by atoms with E-state index >= 15 is 0 Å². The lowest BCUT2D eigenvalue weighted by atomic mass is 9.98. The second-order valence-corrected chi connectivity index (χ2v) is 4.94. The minimum atomic E-state index is -0.328. The van der Waals surface area contributed by atoms with Gasteiger partial charge in [-0.2, -0.15) is 0 Å². The Kier molecular flexibility index (Phi) is 5.38. The van der Waals surface area contributed by atoms with Gasteiger partial charge < -0.3 is 10.5 Å².